The molecule has 0 aliphatic heterocycles. The second-order valence-corrected chi connectivity index (χ2v) is 5.36. The first-order valence-corrected chi connectivity index (χ1v) is 7.47. The lowest BCUT2D eigenvalue weighted by molar-refractivity contribution is -0.120. The van der Waals surface area contributed by atoms with Gasteiger partial charge in [0.15, 0.2) is 0 Å². The fourth-order valence-corrected chi connectivity index (χ4v) is 2.30. The van der Waals surface area contributed by atoms with Gasteiger partial charge in [0.1, 0.15) is 0 Å². The molecule has 0 aliphatic carbocycles. The van der Waals surface area contributed by atoms with E-state index in [1.807, 2.05) is 30.3 Å². The van der Waals surface area contributed by atoms with Crippen LogP contribution in [-0.2, 0) is 9.59 Å². The van der Waals surface area contributed by atoms with Gasteiger partial charge in [0.05, 0.1) is 12.5 Å². The lowest BCUT2D eigenvalue weighted by atomic mass is 10.0. The van der Waals surface area contributed by atoms with Gasteiger partial charge in [-0.05, 0) is 29.8 Å². The molecule has 2 aromatic carbocycles. The van der Waals surface area contributed by atoms with Gasteiger partial charge in [-0.2, -0.15) is 0 Å². The van der Waals surface area contributed by atoms with E-state index < -0.39 is 11.9 Å². The largest absolute Gasteiger partial charge is 0.366 e. The van der Waals surface area contributed by atoms with Crippen molar-refractivity contribution in [2.24, 2.45) is 5.73 Å². The number of anilines is 1. The summed E-state index contributed by atoms with van der Waals surface area (Å²) in [4.78, 5) is 34.7. The van der Waals surface area contributed by atoms with Crippen molar-refractivity contribution in [3.05, 3.63) is 65.7 Å². The smallest absolute Gasteiger partial charge is 0.248 e. The lowest BCUT2D eigenvalue weighted by Crippen LogP contribution is -2.29. The van der Waals surface area contributed by atoms with E-state index >= 15 is 0 Å². The molecule has 0 saturated heterocycles. The van der Waals surface area contributed by atoms with E-state index in [4.69, 9.17) is 5.73 Å². The standard InChI is InChI=1S/C18H19N3O3/c1-12(22)20-16(13-5-3-2-4-6-13)11-17(23)21-15-9-7-14(8-10-15)18(19)24/h2-10,16H,11H2,1H3,(H2,19,24)(H,20,22)(H,21,23). The molecule has 0 bridgehead atoms. The van der Waals surface area contributed by atoms with Crippen LogP contribution in [0.15, 0.2) is 54.6 Å². The zero-order valence-electron chi connectivity index (χ0n) is 13.3. The Kier molecular flexibility index (Phi) is 5.68. The number of hydrogen-bond acceptors (Lipinski definition) is 3. The number of primary amides is 1. The third-order valence-electron chi connectivity index (χ3n) is 3.42. The quantitative estimate of drug-likeness (QED) is 0.757. The van der Waals surface area contributed by atoms with Gasteiger partial charge in [-0.3, -0.25) is 14.4 Å². The van der Waals surface area contributed by atoms with Crippen LogP contribution in [0.4, 0.5) is 5.69 Å². The number of carbonyl (C=O) groups is 3. The predicted molar refractivity (Wildman–Crippen MR) is 91.2 cm³/mol. The van der Waals surface area contributed by atoms with E-state index in [2.05, 4.69) is 10.6 Å². The molecule has 1 unspecified atom stereocenters. The highest BCUT2D eigenvalue weighted by atomic mass is 16.2. The first kappa shape index (κ1) is 17.2. The Morgan fingerprint density at radius 2 is 1.62 bits per heavy atom. The van der Waals surface area contributed by atoms with Crippen molar-refractivity contribution in [3.8, 4) is 0 Å². The third kappa shape index (κ3) is 4.95. The van der Waals surface area contributed by atoms with Crippen LogP contribution in [0.2, 0.25) is 0 Å². The zero-order valence-corrected chi connectivity index (χ0v) is 13.3. The molecule has 0 aromatic heterocycles. The molecule has 0 heterocycles. The maximum absolute atomic E-state index is 12.2. The molecule has 6 nitrogen and oxygen atoms in total. The number of rotatable bonds is 6. The van der Waals surface area contributed by atoms with E-state index in [9.17, 15) is 14.4 Å². The van der Waals surface area contributed by atoms with Crippen molar-refractivity contribution in [2.45, 2.75) is 19.4 Å². The number of benzene rings is 2. The van der Waals surface area contributed by atoms with Crippen LogP contribution in [0.1, 0.15) is 35.3 Å². The average molecular weight is 325 g/mol. The summed E-state index contributed by atoms with van der Waals surface area (Å²) < 4.78 is 0. The Morgan fingerprint density at radius 3 is 2.17 bits per heavy atom. The van der Waals surface area contributed by atoms with Crippen LogP contribution in [0.3, 0.4) is 0 Å². The molecule has 2 rings (SSSR count). The fourth-order valence-electron chi connectivity index (χ4n) is 2.30. The molecular formula is C18H19N3O3. The minimum absolute atomic E-state index is 0.0984. The van der Waals surface area contributed by atoms with Gasteiger partial charge >= 0.3 is 0 Å². The van der Waals surface area contributed by atoms with Gasteiger partial charge in [0, 0.05) is 18.2 Å². The van der Waals surface area contributed by atoms with E-state index in [1.54, 1.807) is 24.3 Å². The van der Waals surface area contributed by atoms with Gasteiger partial charge in [0.25, 0.3) is 0 Å². The summed E-state index contributed by atoms with van der Waals surface area (Å²) in [6.45, 7) is 1.41. The van der Waals surface area contributed by atoms with Crippen molar-refractivity contribution in [1.82, 2.24) is 5.32 Å². The minimum Gasteiger partial charge on any atom is -0.366 e. The molecule has 0 fully saturated rings. The van der Waals surface area contributed by atoms with E-state index in [0.29, 0.717) is 11.3 Å². The number of nitrogens with two attached hydrogens (primary N) is 1. The summed E-state index contributed by atoms with van der Waals surface area (Å²) in [5.74, 6) is -0.977. The molecule has 0 saturated carbocycles. The number of hydrogen-bond donors (Lipinski definition) is 3. The molecule has 0 aliphatic rings. The Morgan fingerprint density at radius 1 is 1.00 bits per heavy atom. The fraction of sp³-hybridized carbons (Fsp3) is 0.167. The van der Waals surface area contributed by atoms with Gasteiger partial charge in [-0.15, -0.1) is 0 Å². The second-order valence-electron chi connectivity index (χ2n) is 5.36. The molecule has 2 aromatic rings. The highest BCUT2D eigenvalue weighted by Gasteiger charge is 2.17. The van der Waals surface area contributed by atoms with Gasteiger partial charge < -0.3 is 16.4 Å². The van der Waals surface area contributed by atoms with Crippen molar-refractivity contribution in [2.75, 3.05) is 5.32 Å². The Hall–Kier alpha value is -3.15. The Balaban J connectivity index is 2.04. The highest BCUT2D eigenvalue weighted by molar-refractivity contribution is 5.95. The van der Waals surface area contributed by atoms with Crippen molar-refractivity contribution < 1.29 is 14.4 Å². The molecule has 0 radical (unpaired) electrons. The number of amides is 3. The first-order valence-electron chi connectivity index (χ1n) is 7.47. The van der Waals surface area contributed by atoms with E-state index in [-0.39, 0.29) is 18.2 Å². The van der Waals surface area contributed by atoms with Crippen molar-refractivity contribution >= 4 is 23.4 Å². The van der Waals surface area contributed by atoms with E-state index in [1.165, 1.54) is 6.92 Å². The zero-order chi connectivity index (χ0) is 17.5. The van der Waals surface area contributed by atoms with Crippen LogP contribution >= 0.6 is 0 Å². The average Bonchev–Trinajstić information content (AvgIpc) is 2.55. The maximum Gasteiger partial charge on any atom is 0.248 e. The summed E-state index contributed by atoms with van der Waals surface area (Å²) >= 11 is 0. The maximum atomic E-state index is 12.2. The van der Waals surface area contributed by atoms with E-state index in [0.717, 1.165) is 5.56 Å². The predicted octanol–water partition coefficient (Wildman–Crippen LogP) is 1.99. The minimum atomic E-state index is -0.525. The molecule has 24 heavy (non-hydrogen) atoms. The number of carbonyl (C=O) groups excluding carboxylic acids is 3. The van der Waals surface area contributed by atoms with Crippen molar-refractivity contribution in [3.63, 3.8) is 0 Å². The molecule has 0 spiro atoms. The molecule has 6 heteroatoms. The topological polar surface area (TPSA) is 101 Å². The summed E-state index contributed by atoms with van der Waals surface area (Å²) in [6.07, 6.45) is 0.0984. The normalized spacial score (nSPS) is 11.4. The lowest BCUT2D eigenvalue weighted by Gasteiger charge is -2.18. The van der Waals surface area contributed by atoms with Crippen LogP contribution < -0.4 is 16.4 Å². The summed E-state index contributed by atoms with van der Waals surface area (Å²) in [7, 11) is 0. The van der Waals surface area contributed by atoms with Crippen LogP contribution in [0, 0.1) is 0 Å². The van der Waals surface area contributed by atoms with Crippen LogP contribution in [0.25, 0.3) is 0 Å². The SMILES string of the molecule is CC(=O)NC(CC(=O)Nc1ccc(C(N)=O)cc1)c1ccccc1. The van der Waals surface area contributed by atoms with Crippen LogP contribution in [-0.4, -0.2) is 17.7 Å². The Bertz CT molecular complexity index is 727. The summed E-state index contributed by atoms with van der Waals surface area (Å²) in [5.41, 5.74) is 6.95. The monoisotopic (exact) mass is 325 g/mol. The molecule has 124 valence electrons. The molecule has 4 N–H and O–H groups in total. The first-order chi connectivity index (χ1) is 11.5. The third-order valence-corrected chi connectivity index (χ3v) is 3.42. The Labute approximate surface area is 140 Å². The molecule has 3 amide bonds. The van der Waals surface area contributed by atoms with Crippen molar-refractivity contribution in [1.29, 1.82) is 0 Å². The van der Waals surface area contributed by atoms with Gasteiger partial charge in [-0.25, -0.2) is 0 Å². The number of nitrogens with one attached hydrogen (secondary N) is 2. The summed E-state index contributed by atoms with van der Waals surface area (Å²) in [5, 5.41) is 5.52. The van der Waals surface area contributed by atoms with Gasteiger partial charge in [-0.1, -0.05) is 30.3 Å². The summed E-state index contributed by atoms with van der Waals surface area (Å²) in [6, 6.07) is 15.2. The molecular weight excluding hydrogens is 306 g/mol. The second kappa shape index (κ2) is 7.92. The van der Waals surface area contributed by atoms with Gasteiger partial charge in [0.2, 0.25) is 17.7 Å². The highest BCUT2D eigenvalue weighted by Crippen LogP contribution is 2.18. The molecule has 1 atom stereocenters. The van der Waals surface area contributed by atoms with Crippen LogP contribution in [0.5, 0.6) is 0 Å².